The average Bonchev–Trinajstić information content (AvgIpc) is 2.36. The third-order valence-corrected chi connectivity index (χ3v) is 3.19. The molecule has 1 saturated heterocycles. The highest BCUT2D eigenvalue weighted by Crippen LogP contribution is 2.14. The van der Waals surface area contributed by atoms with Gasteiger partial charge in [-0.3, -0.25) is 0 Å². The molecule has 19 heavy (non-hydrogen) atoms. The van der Waals surface area contributed by atoms with Crippen LogP contribution in [0.2, 0.25) is 0 Å². The monoisotopic (exact) mass is 264 g/mol. The van der Waals surface area contributed by atoms with Gasteiger partial charge in [0.05, 0.1) is 13.7 Å². The number of hydrogen-bond donors (Lipinski definition) is 0. The summed E-state index contributed by atoms with van der Waals surface area (Å²) >= 11 is 0. The van der Waals surface area contributed by atoms with E-state index in [1.165, 1.54) is 0 Å². The molecular weight excluding hydrogens is 244 g/mol. The van der Waals surface area contributed by atoms with Crippen molar-refractivity contribution in [3.05, 3.63) is 29.8 Å². The molecule has 5 heteroatoms. The van der Waals surface area contributed by atoms with Gasteiger partial charge in [-0.1, -0.05) is 12.1 Å². The van der Waals surface area contributed by atoms with E-state index in [9.17, 15) is 4.79 Å². The molecule has 104 valence electrons. The maximum Gasteiger partial charge on any atom is 0.428 e. The lowest BCUT2D eigenvalue weighted by atomic mass is 10.2. The van der Waals surface area contributed by atoms with Crippen molar-refractivity contribution in [3.63, 3.8) is 0 Å². The predicted octanol–water partition coefficient (Wildman–Crippen LogP) is 2.27. The topological polar surface area (TPSA) is 42.0 Å². The highest BCUT2D eigenvalue weighted by Gasteiger charge is 2.23. The average molecular weight is 264 g/mol. The minimum absolute atomic E-state index is 0.249. The first-order valence-corrected chi connectivity index (χ1v) is 6.57. The van der Waals surface area contributed by atoms with E-state index in [4.69, 9.17) is 9.57 Å². The van der Waals surface area contributed by atoms with Crippen molar-refractivity contribution >= 4 is 6.09 Å². The van der Waals surface area contributed by atoms with Crippen LogP contribution in [0.5, 0.6) is 5.75 Å². The van der Waals surface area contributed by atoms with Crippen molar-refractivity contribution in [3.8, 4) is 5.75 Å². The fourth-order valence-corrected chi connectivity index (χ4v) is 1.81. The number of benzene rings is 1. The molecule has 0 radical (unpaired) electrons. The van der Waals surface area contributed by atoms with E-state index in [2.05, 4.69) is 0 Å². The summed E-state index contributed by atoms with van der Waals surface area (Å²) in [4.78, 5) is 18.8. The normalized spacial score (nSPS) is 14.2. The van der Waals surface area contributed by atoms with E-state index in [0.29, 0.717) is 13.1 Å². The van der Waals surface area contributed by atoms with Gasteiger partial charge in [0.25, 0.3) is 0 Å². The Kier molecular flexibility index (Phi) is 4.63. The first-order valence-electron chi connectivity index (χ1n) is 6.57. The summed E-state index contributed by atoms with van der Waals surface area (Å²) in [6, 6.07) is 7.75. The zero-order valence-electron chi connectivity index (χ0n) is 11.5. The van der Waals surface area contributed by atoms with Gasteiger partial charge >= 0.3 is 6.09 Å². The van der Waals surface area contributed by atoms with Crippen LogP contribution in [-0.4, -0.2) is 42.8 Å². The van der Waals surface area contributed by atoms with Crippen molar-refractivity contribution < 1.29 is 14.4 Å². The van der Waals surface area contributed by atoms with Crippen LogP contribution in [0, 0.1) is 0 Å². The summed E-state index contributed by atoms with van der Waals surface area (Å²) in [6.45, 7) is 4.82. The maximum absolute atomic E-state index is 11.7. The summed E-state index contributed by atoms with van der Waals surface area (Å²) in [7, 11) is 1.64. The third-order valence-electron chi connectivity index (χ3n) is 3.19. The second kappa shape index (κ2) is 6.43. The first-order chi connectivity index (χ1) is 9.22. The number of ether oxygens (including phenoxy) is 1. The highest BCUT2D eigenvalue weighted by atomic mass is 16.7. The van der Waals surface area contributed by atoms with Gasteiger partial charge in [-0.05, 0) is 31.0 Å². The lowest BCUT2D eigenvalue weighted by molar-refractivity contribution is -0.120. The van der Waals surface area contributed by atoms with E-state index < -0.39 is 0 Å². The molecule has 1 aromatic rings. The molecule has 1 aromatic carbocycles. The fraction of sp³-hybridized carbons (Fsp3) is 0.500. The van der Waals surface area contributed by atoms with E-state index in [0.717, 1.165) is 30.8 Å². The van der Waals surface area contributed by atoms with Crippen LogP contribution in [0.1, 0.15) is 18.9 Å². The summed E-state index contributed by atoms with van der Waals surface area (Å²) in [5, 5.41) is 1.67. The van der Waals surface area contributed by atoms with Gasteiger partial charge in [-0.15, -0.1) is 5.06 Å². The molecule has 0 bridgehead atoms. The summed E-state index contributed by atoms with van der Waals surface area (Å²) in [6.07, 6.45) is 0.821. The number of nitrogens with zero attached hydrogens (tertiary/aromatic N) is 2. The van der Waals surface area contributed by atoms with Gasteiger partial charge in [0.2, 0.25) is 0 Å². The van der Waals surface area contributed by atoms with E-state index in [1.807, 2.05) is 31.2 Å². The van der Waals surface area contributed by atoms with E-state index >= 15 is 0 Å². The Balaban J connectivity index is 1.88. The van der Waals surface area contributed by atoms with Gasteiger partial charge in [-0.25, -0.2) is 4.79 Å². The molecule has 2 rings (SSSR count). The Morgan fingerprint density at radius 1 is 1.32 bits per heavy atom. The summed E-state index contributed by atoms with van der Waals surface area (Å²) in [5.41, 5.74) is 1.08. The SMILES string of the molecule is CCN(Cc1ccc(OC)cc1)OC(=O)N1CCC1. The largest absolute Gasteiger partial charge is 0.497 e. The van der Waals surface area contributed by atoms with Crippen molar-refractivity contribution in [2.24, 2.45) is 0 Å². The number of hydrogen-bond acceptors (Lipinski definition) is 4. The van der Waals surface area contributed by atoms with Crippen LogP contribution in [0.3, 0.4) is 0 Å². The highest BCUT2D eigenvalue weighted by molar-refractivity contribution is 5.68. The predicted molar refractivity (Wildman–Crippen MR) is 71.7 cm³/mol. The molecule has 1 amide bonds. The van der Waals surface area contributed by atoms with Crippen LogP contribution < -0.4 is 4.74 Å². The molecule has 1 fully saturated rings. The van der Waals surface area contributed by atoms with Crippen LogP contribution in [-0.2, 0) is 11.4 Å². The number of carbonyl (C=O) groups excluding carboxylic acids is 1. The molecule has 1 aliphatic heterocycles. The second-order valence-corrected chi connectivity index (χ2v) is 4.50. The van der Waals surface area contributed by atoms with Crippen molar-refractivity contribution in [1.29, 1.82) is 0 Å². The fourth-order valence-electron chi connectivity index (χ4n) is 1.81. The van der Waals surface area contributed by atoms with Crippen LogP contribution in [0.25, 0.3) is 0 Å². The molecule has 0 aliphatic carbocycles. The summed E-state index contributed by atoms with van der Waals surface area (Å²) in [5.74, 6) is 0.823. The number of likely N-dealkylation sites (tertiary alicyclic amines) is 1. The van der Waals surface area contributed by atoms with E-state index in [1.54, 1.807) is 17.1 Å². The molecule has 1 heterocycles. The quantitative estimate of drug-likeness (QED) is 0.765. The van der Waals surface area contributed by atoms with Crippen LogP contribution in [0.15, 0.2) is 24.3 Å². The molecule has 0 N–H and O–H groups in total. The molecule has 0 spiro atoms. The molecular formula is C14H20N2O3. The van der Waals surface area contributed by atoms with Crippen LogP contribution in [0.4, 0.5) is 4.79 Å². The van der Waals surface area contributed by atoms with Crippen LogP contribution >= 0.6 is 0 Å². The number of methoxy groups -OCH3 is 1. The number of carbonyl (C=O) groups is 1. The summed E-state index contributed by atoms with van der Waals surface area (Å²) < 4.78 is 5.11. The Bertz CT molecular complexity index is 415. The maximum atomic E-state index is 11.7. The number of hydroxylamine groups is 2. The Labute approximate surface area is 113 Å². The number of amides is 1. The molecule has 0 unspecified atom stereocenters. The Morgan fingerprint density at radius 2 is 2.00 bits per heavy atom. The van der Waals surface area contributed by atoms with Gasteiger partial charge in [0.15, 0.2) is 0 Å². The van der Waals surface area contributed by atoms with Gasteiger partial charge in [0.1, 0.15) is 5.75 Å². The standard InChI is InChI=1S/C14H20N2O3/c1-3-16(19-14(17)15-9-4-10-15)11-12-5-7-13(18-2)8-6-12/h5-8H,3-4,9-11H2,1-2H3. The van der Waals surface area contributed by atoms with E-state index in [-0.39, 0.29) is 6.09 Å². The molecule has 0 saturated carbocycles. The van der Waals surface area contributed by atoms with Gasteiger partial charge in [0, 0.05) is 19.6 Å². The van der Waals surface area contributed by atoms with Gasteiger partial charge < -0.3 is 14.5 Å². The molecule has 1 aliphatic rings. The van der Waals surface area contributed by atoms with Crippen molar-refractivity contribution in [1.82, 2.24) is 9.96 Å². The molecule has 5 nitrogen and oxygen atoms in total. The Hall–Kier alpha value is -1.75. The Morgan fingerprint density at radius 3 is 2.47 bits per heavy atom. The minimum Gasteiger partial charge on any atom is -0.497 e. The zero-order chi connectivity index (χ0) is 13.7. The minimum atomic E-state index is -0.249. The van der Waals surface area contributed by atoms with Gasteiger partial charge in [-0.2, -0.15) is 0 Å². The lowest BCUT2D eigenvalue weighted by Crippen LogP contribution is -2.45. The van der Waals surface area contributed by atoms with Crippen molar-refractivity contribution in [2.75, 3.05) is 26.7 Å². The lowest BCUT2D eigenvalue weighted by Gasteiger charge is -2.31. The third kappa shape index (κ3) is 3.61. The van der Waals surface area contributed by atoms with Crippen molar-refractivity contribution in [2.45, 2.75) is 19.9 Å². The number of rotatable bonds is 5. The molecule has 0 atom stereocenters. The second-order valence-electron chi connectivity index (χ2n) is 4.50. The smallest absolute Gasteiger partial charge is 0.428 e. The zero-order valence-corrected chi connectivity index (χ0v) is 11.5. The first kappa shape index (κ1) is 13.7. The molecule has 0 aromatic heterocycles.